The molecule has 0 saturated carbocycles. The van der Waals surface area contributed by atoms with Crippen molar-refractivity contribution in [3.05, 3.63) is 24.3 Å². The summed E-state index contributed by atoms with van der Waals surface area (Å²) in [5.74, 6) is -0.823. The fraction of sp³-hybridized carbons (Fsp3) is 0.710. The number of H-pyrrole nitrogens is 1. The van der Waals surface area contributed by atoms with E-state index in [1.807, 2.05) is 24.3 Å². The molecule has 0 aliphatic heterocycles. The Morgan fingerprint density at radius 3 is 1.95 bits per heavy atom. The van der Waals surface area contributed by atoms with Crippen molar-refractivity contribution in [1.29, 1.82) is 0 Å². The number of hydrogen-bond acceptors (Lipinski definition) is 7. The minimum atomic E-state index is -0.466. The smallest absolute Gasteiger partial charge is 0.318 e. The van der Waals surface area contributed by atoms with Crippen molar-refractivity contribution in [2.75, 3.05) is 26.2 Å². The molecule has 0 radical (unpaired) electrons. The van der Waals surface area contributed by atoms with Gasteiger partial charge in [-0.05, 0) is 57.5 Å². The lowest BCUT2D eigenvalue weighted by Gasteiger charge is -2.21. The average Bonchev–Trinajstić information content (AvgIpc) is 3.37. The molecule has 39 heavy (non-hydrogen) atoms. The summed E-state index contributed by atoms with van der Waals surface area (Å²) in [5, 5.41) is 0.505. The molecular formula is C31H53N3O4S. The van der Waals surface area contributed by atoms with E-state index < -0.39 is 5.97 Å². The van der Waals surface area contributed by atoms with Crippen LogP contribution < -0.4 is 0 Å². The van der Waals surface area contributed by atoms with Crippen LogP contribution in [0.3, 0.4) is 0 Å². The van der Waals surface area contributed by atoms with Gasteiger partial charge >= 0.3 is 11.9 Å². The molecule has 222 valence electrons. The number of fused-ring (bicyclic) bond motifs is 1. The van der Waals surface area contributed by atoms with Crippen molar-refractivity contribution in [2.24, 2.45) is 0 Å². The molecule has 8 heteroatoms. The van der Waals surface area contributed by atoms with Gasteiger partial charge in [-0.15, -0.1) is 0 Å². The molecule has 0 bridgehead atoms. The molecule has 0 amide bonds. The zero-order valence-electron chi connectivity index (χ0n) is 25.0. The zero-order chi connectivity index (χ0) is 28.6. The van der Waals surface area contributed by atoms with Crippen LogP contribution in [-0.4, -0.2) is 53.0 Å². The number of hydrogen-bond donors (Lipinski definition) is 1. The number of rotatable bonds is 21. The number of carbonyl (C=O) groups excluding carboxylic acids is 2. The van der Waals surface area contributed by atoms with Crippen LogP contribution in [0.2, 0.25) is 0 Å². The van der Waals surface area contributed by atoms with Crippen molar-refractivity contribution in [3.63, 3.8) is 0 Å². The molecule has 1 heterocycles. The van der Waals surface area contributed by atoms with Gasteiger partial charge in [-0.25, -0.2) is 4.98 Å². The average molecular weight is 564 g/mol. The van der Waals surface area contributed by atoms with E-state index in [4.69, 9.17) is 8.92 Å². The van der Waals surface area contributed by atoms with E-state index in [1.54, 1.807) is 0 Å². The van der Waals surface area contributed by atoms with E-state index in [0.717, 1.165) is 35.9 Å². The number of nitrogens with one attached hydrogen (secondary N) is 1. The second kappa shape index (κ2) is 23.8. The Balaban J connectivity index is 0.000000495. The van der Waals surface area contributed by atoms with Gasteiger partial charge in [-0.3, -0.25) is 9.59 Å². The highest BCUT2D eigenvalue weighted by Gasteiger charge is 2.12. The van der Waals surface area contributed by atoms with Gasteiger partial charge < -0.3 is 18.8 Å². The fourth-order valence-electron chi connectivity index (χ4n) is 3.92. The molecule has 0 aliphatic carbocycles. The number of ether oxygens (including phenoxy) is 1. The molecule has 0 aliphatic rings. The predicted octanol–water partition coefficient (Wildman–Crippen LogP) is 8.49. The van der Waals surface area contributed by atoms with Crippen LogP contribution in [0.15, 0.2) is 29.4 Å². The largest absolute Gasteiger partial charge is 0.466 e. The maximum absolute atomic E-state index is 11.7. The molecule has 0 unspecified atom stereocenters. The van der Waals surface area contributed by atoms with Gasteiger partial charge in [0.25, 0.3) is 0 Å². The lowest BCUT2D eigenvalue weighted by molar-refractivity contribution is -0.146. The third kappa shape index (κ3) is 18.0. The van der Waals surface area contributed by atoms with Crippen LogP contribution in [0.25, 0.3) is 11.0 Å². The number of carbonyl (C=O) groups is 2. The Hall–Kier alpha value is -2.06. The van der Waals surface area contributed by atoms with Crippen LogP contribution in [0, 0.1) is 0 Å². The number of nitrogens with zero attached hydrogens (tertiary/aromatic N) is 2. The first-order chi connectivity index (χ1) is 19.0. The van der Waals surface area contributed by atoms with Gasteiger partial charge in [-0.2, -0.15) is 0 Å². The van der Waals surface area contributed by atoms with Gasteiger partial charge in [0.1, 0.15) is 12.0 Å². The second-order valence-corrected chi connectivity index (χ2v) is 10.7. The number of aromatic nitrogens is 2. The number of unbranched alkanes of at least 4 members (excludes halogenated alkanes) is 8. The molecule has 0 atom stereocenters. The Labute approximate surface area is 241 Å². The Bertz CT molecular complexity index is 838. The van der Waals surface area contributed by atoms with Gasteiger partial charge in [0.2, 0.25) is 5.16 Å². The lowest BCUT2D eigenvalue weighted by Crippen LogP contribution is -2.27. The van der Waals surface area contributed by atoms with Crippen LogP contribution in [0.1, 0.15) is 118 Å². The fourth-order valence-corrected chi connectivity index (χ4v) is 4.46. The topological polar surface area (TPSA) is 84.5 Å². The van der Waals surface area contributed by atoms with Crippen molar-refractivity contribution in [1.82, 2.24) is 14.9 Å². The molecule has 0 saturated heterocycles. The molecule has 2 rings (SSSR count). The SMILES string of the molecule is CCCCCCCCOC(=O)CCC(=O)OSc1nc2ccccc2[nH]1.CCCCN(CCCC)CCCC. The Kier molecular flexibility index (Phi) is 21.3. The van der Waals surface area contributed by atoms with Crippen molar-refractivity contribution < 1.29 is 18.5 Å². The second-order valence-electron chi connectivity index (χ2n) is 9.99. The molecular weight excluding hydrogens is 510 g/mol. The standard InChI is InChI=1S/C19H26N2O4S.C12H27N/c1-2-3-4-5-6-9-14-24-17(22)12-13-18(23)25-26-19-20-15-10-7-8-11-16(15)21-19;1-4-7-10-13(11-8-5-2)12-9-6-3/h7-8,10-11H,2-6,9,12-14H2,1H3,(H,20,21);4-12H2,1-3H3. The predicted molar refractivity (Wildman–Crippen MR) is 163 cm³/mol. The van der Waals surface area contributed by atoms with E-state index in [-0.39, 0.29) is 18.8 Å². The minimum absolute atomic E-state index is 0.00254. The number of esters is 1. The van der Waals surface area contributed by atoms with Gasteiger partial charge in [0.05, 0.1) is 30.5 Å². The highest BCUT2D eigenvalue weighted by atomic mass is 32.2. The summed E-state index contributed by atoms with van der Waals surface area (Å²) < 4.78 is 10.2. The summed E-state index contributed by atoms with van der Waals surface area (Å²) >= 11 is 0.868. The van der Waals surface area contributed by atoms with Crippen LogP contribution in [0.4, 0.5) is 0 Å². The van der Waals surface area contributed by atoms with E-state index in [2.05, 4.69) is 42.6 Å². The van der Waals surface area contributed by atoms with Gasteiger partial charge in [0, 0.05) is 0 Å². The van der Waals surface area contributed by atoms with E-state index in [0.29, 0.717) is 11.8 Å². The monoisotopic (exact) mass is 563 g/mol. The van der Waals surface area contributed by atoms with Gasteiger partial charge in [0.15, 0.2) is 0 Å². The quantitative estimate of drug-likeness (QED) is 0.0926. The van der Waals surface area contributed by atoms with Crippen molar-refractivity contribution >= 4 is 35.0 Å². The molecule has 0 fully saturated rings. The van der Waals surface area contributed by atoms with Crippen LogP contribution in [0.5, 0.6) is 0 Å². The highest BCUT2D eigenvalue weighted by molar-refractivity contribution is 7.94. The summed E-state index contributed by atoms with van der Waals surface area (Å²) in [6, 6.07) is 7.56. The molecule has 1 N–H and O–H groups in total. The van der Waals surface area contributed by atoms with E-state index in [9.17, 15) is 9.59 Å². The van der Waals surface area contributed by atoms with Gasteiger partial charge in [-0.1, -0.05) is 91.2 Å². The normalized spacial score (nSPS) is 10.9. The summed E-state index contributed by atoms with van der Waals surface area (Å²) in [5.41, 5.74) is 1.69. The summed E-state index contributed by atoms with van der Waals surface area (Å²) in [7, 11) is 0. The first-order valence-corrected chi connectivity index (χ1v) is 16.0. The molecule has 1 aromatic heterocycles. The first kappa shape index (κ1) is 35.0. The number of aromatic amines is 1. The van der Waals surface area contributed by atoms with Crippen LogP contribution in [-0.2, 0) is 18.5 Å². The minimum Gasteiger partial charge on any atom is -0.466 e. The third-order valence-electron chi connectivity index (χ3n) is 6.36. The zero-order valence-corrected chi connectivity index (χ0v) is 25.8. The molecule has 1 aromatic carbocycles. The maximum atomic E-state index is 11.7. The summed E-state index contributed by atoms with van der Waals surface area (Å²) in [6.45, 7) is 13.4. The van der Waals surface area contributed by atoms with E-state index >= 15 is 0 Å². The van der Waals surface area contributed by atoms with Crippen LogP contribution >= 0.6 is 12.0 Å². The Morgan fingerprint density at radius 1 is 0.769 bits per heavy atom. The van der Waals surface area contributed by atoms with E-state index in [1.165, 1.54) is 83.8 Å². The van der Waals surface area contributed by atoms with Crippen molar-refractivity contribution in [3.8, 4) is 0 Å². The first-order valence-electron chi connectivity index (χ1n) is 15.2. The summed E-state index contributed by atoms with van der Waals surface area (Å²) in [6.07, 6.45) is 15.0. The highest BCUT2D eigenvalue weighted by Crippen LogP contribution is 2.20. The molecule has 0 spiro atoms. The number of imidazole rings is 1. The number of para-hydroxylation sites is 2. The molecule has 2 aromatic rings. The maximum Gasteiger partial charge on any atom is 0.318 e. The third-order valence-corrected chi connectivity index (χ3v) is 6.98. The van der Waals surface area contributed by atoms with Crippen molar-refractivity contribution in [2.45, 2.75) is 123 Å². The number of benzene rings is 1. The Morgan fingerprint density at radius 2 is 1.33 bits per heavy atom. The summed E-state index contributed by atoms with van der Waals surface area (Å²) in [4.78, 5) is 33.3. The molecule has 7 nitrogen and oxygen atoms in total. The lowest BCUT2D eigenvalue weighted by atomic mass is 10.1.